The van der Waals surface area contributed by atoms with Crippen molar-refractivity contribution in [2.75, 3.05) is 13.7 Å². The SMILES string of the molecule is COc1ccc(C[C@H](NC(=O)c2cccc(=O)[nH]2)C(=O)N[C@@H](CC2CCCC2)C(=O)[C@@]2(C)CO2)cc1. The van der Waals surface area contributed by atoms with Gasteiger partial charge in [0, 0.05) is 12.5 Å². The lowest BCUT2D eigenvalue weighted by molar-refractivity contribution is -0.131. The van der Waals surface area contributed by atoms with Crippen LogP contribution in [0, 0.1) is 5.92 Å². The number of benzene rings is 1. The molecule has 9 nitrogen and oxygen atoms in total. The summed E-state index contributed by atoms with van der Waals surface area (Å²) in [5.74, 6) is -0.142. The van der Waals surface area contributed by atoms with E-state index < -0.39 is 35.1 Å². The predicted octanol–water partition coefficient (Wildman–Crippen LogP) is 2.15. The van der Waals surface area contributed by atoms with E-state index in [-0.39, 0.29) is 17.9 Å². The first-order chi connectivity index (χ1) is 17.3. The average molecular weight is 496 g/mol. The number of carbonyl (C=O) groups is 3. The van der Waals surface area contributed by atoms with Gasteiger partial charge in [0.2, 0.25) is 11.5 Å². The third kappa shape index (κ3) is 6.40. The van der Waals surface area contributed by atoms with Crippen LogP contribution in [0.1, 0.15) is 55.1 Å². The van der Waals surface area contributed by atoms with Crippen molar-refractivity contribution in [1.29, 1.82) is 0 Å². The van der Waals surface area contributed by atoms with Gasteiger partial charge in [0.05, 0.1) is 19.8 Å². The first-order valence-corrected chi connectivity index (χ1v) is 12.4. The predicted molar refractivity (Wildman–Crippen MR) is 133 cm³/mol. The number of aromatic amines is 1. The summed E-state index contributed by atoms with van der Waals surface area (Å²) in [4.78, 5) is 53.8. The molecule has 2 amide bonds. The number of ketones is 1. The van der Waals surface area contributed by atoms with Crippen LogP contribution in [-0.2, 0) is 20.7 Å². The number of pyridine rings is 1. The summed E-state index contributed by atoms with van der Waals surface area (Å²) >= 11 is 0. The molecule has 2 aromatic rings. The van der Waals surface area contributed by atoms with Gasteiger partial charge in [-0.15, -0.1) is 0 Å². The molecule has 1 saturated heterocycles. The number of hydrogen-bond donors (Lipinski definition) is 3. The van der Waals surface area contributed by atoms with Crippen LogP contribution in [0.3, 0.4) is 0 Å². The van der Waals surface area contributed by atoms with E-state index in [0.717, 1.165) is 31.2 Å². The van der Waals surface area contributed by atoms with Crippen LogP contribution in [0.2, 0.25) is 0 Å². The van der Waals surface area contributed by atoms with Crippen molar-refractivity contribution < 1.29 is 23.9 Å². The van der Waals surface area contributed by atoms with Crippen molar-refractivity contribution in [1.82, 2.24) is 15.6 Å². The van der Waals surface area contributed by atoms with Gasteiger partial charge >= 0.3 is 0 Å². The Kier molecular flexibility index (Phi) is 7.88. The fraction of sp³-hybridized carbons (Fsp3) is 0.481. The van der Waals surface area contributed by atoms with Gasteiger partial charge < -0.3 is 25.1 Å². The van der Waals surface area contributed by atoms with Gasteiger partial charge in [-0.25, -0.2) is 0 Å². The minimum absolute atomic E-state index is 0.0486. The summed E-state index contributed by atoms with van der Waals surface area (Å²) < 4.78 is 10.6. The van der Waals surface area contributed by atoms with Crippen LogP contribution in [0.15, 0.2) is 47.3 Å². The quantitative estimate of drug-likeness (QED) is 0.410. The Morgan fingerprint density at radius 1 is 1.08 bits per heavy atom. The molecule has 9 heteroatoms. The summed E-state index contributed by atoms with van der Waals surface area (Å²) in [5.41, 5.74) is -0.436. The average Bonchev–Trinajstić information content (AvgIpc) is 3.41. The van der Waals surface area contributed by atoms with Crippen molar-refractivity contribution in [3.8, 4) is 5.75 Å². The van der Waals surface area contributed by atoms with Gasteiger partial charge in [0.1, 0.15) is 23.1 Å². The molecule has 1 aromatic carbocycles. The fourth-order valence-corrected chi connectivity index (χ4v) is 4.73. The van der Waals surface area contributed by atoms with E-state index in [4.69, 9.17) is 9.47 Å². The minimum atomic E-state index is -0.971. The first kappa shape index (κ1) is 25.6. The number of epoxide rings is 1. The second-order valence-corrected chi connectivity index (χ2v) is 9.84. The highest BCUT2D eigenvalue weighted by Crippen LogP contribution is 2.33. The Labute approximate surface area is 210 Å². The van der Waals surface area contributed by atoms with Crippen LogP contribution in [-0.4, -0.2) is 54.0 Å². The molecule has 1 aliphatic heterocycles. The van der Waals surface area contributed by atoms with Crippen molar-refractivity contribution >= 4 is 17.6 Å². The normalized spacial score (nSPS) is 20.8. The van der Waals surface area contributed by atoms with E-state index in [9.17, 15) is 19.2 Å². The summed E-state index contributed by atoms with van der Waals surface area (Å²) in [7, 11) is 1.57. The molecular weight excluding hydrogens is 462 g/mol. The molecule has 3 atom stereocenters. The molecule has 4 rings (SSSR count). The second-order valence-electron chi connectivity index (χ2n) is 9.84. The highest BCUT2D eigenvalue weighted by Gasteiger charge is 2.50. The molecule has 2 aliphatic rings. The number of amides is 2. The Bertz CT molecular complexity index is 1150. The minimum Gasteiger partial charge on any atom is -0.497 e. The Morgan fingerprint density at radius 3 is 2.39 bits per heavy atom. The van der Waals surface area contributed by atoms with E-state index in [2.05, 4.69) is 15.6 Å². The zero-order chi connectivity index (χ0) is 25.7. The zero-order valence-corrected chi connectivity index (χ0v) is 20.7. The molecule has 0 spiro atoms. The lowest BCUT2D eigenvalue weighted by Crippen LogP contribution is -2.54. The standard InChI is InChI=1S/C27H33N3O6/c1-27(16-36-27)24(32)21(14-17-6-3-4-7-17)29-26(34)22(15-18-10-12-19(35-2)13-11-18)30-25(33)20-8-5-9-23(31)28-20/h5,8-13,17,21-22H,3-4,6-7,14-16H2,1-2H3,(H,28,31)(H,29,34)(H,30,33)/t21-,22-,27+/m0/s1. The zero-order valence-electron chi connectivity index (χ0n) is 20.7. The molecule has 0 radical (unpaired) electrons. The van der Waals surface area contributed by atoms with E-state index in [1.54, 1.807) is 26.2 Å². The number of aromatic nitrogens is 1. The van der Waals surface area contributed by atoms with Gasteiger partial charge in [-0.2, -0.15) is 0 Å². The highest BCUT2D eigenvalue weighted by molar-refractivity contribution is 5.99. The molecule has 2 heterocycles. The maximum absolute atomic E-state index is 13.5. The van der Waals surface area contributed by atoms with Crippen molar-refractivity contribution in [3.63, 3.8) is 0 Å². The van der Waals surface area contributed by atoms with Gasteiger partial charge in [-0.3, -0.25) is 19.2 Å². The van der Waals surface area contributed by atoms with Crippen LogP contribution < -0.4 is 20.9 Å². The van der Waals surface area contributed by atoms with Crippen molar-refractivity contribution in [2.45, 2.75) is 63.1 Å². The van der Waals surface area contributed by atoms with Gasteiger partial charge in [-0.05, 0) is 43.0 Å². The maximum Gasteiger partial charge on any atom is 0.268 e. The van der Waals surface area contributed by atoms with E-state index in [1.165, 1.54) is 18.2 Å². The van der Waals surface area contributed by atoms with Crippen LogP contribution >= 0.6 is 0 Å². The molecule has 2 fully saturated rings. The number of carbonyl (C=O) groups excluding carboxylic acids is 3. The van der Waals surface area contributed by atoms with Crippen LogP contribution in [0.4, 0.5) is 0 Å². The van der Waals surface area contributed by atoms with Gasteiger partial charge in [0.25, 0.3) is 5.91 Å². The maximum atomic E-state index is 13.5. The number of hydrogen-bond acceptors (Lipinski definition) is 6. The van der Waals surface area contributed by atoms with Crippen molar-refractivity contribution in [3.05, 3.63) is 64.1 Å². The summed E-state index contributed by atoms with van der Waals surface area (Å²) in [6, 6.07) is 9.76. The smallest absolute Gasteiger partial charge is 0.268 e. The number of Topliss-reactive ketones (excluding diaryl/α,β-unsaturated/α-hetero) is 1. The molecule has 0 bridgehead atoms. The van der Waals surface area contributed by atoms with Gasteiger partial charge in [0.15, 0.2) is 5.78 Å². The third-order valence-corrected chi connectivity index (χ3v) is 7.01. The van der Waals surface area contributed by atoms with E-state index >= 15 is 0 Å². The van der Waals surface area contributed by atoms with Crippen LogP contribution in [0.25, 0.3) is 0 Å². The lowest BCUT2D eigenvalue weighted by atomic mass is 9.90. The summed E-state index contributed by atoms with van der Waals surface area (Å²) in [5, 5.41) is 5.66. The molecule has 3 N–H and O–H groups in total. The lowest BCUT2D eigenvalue weighted by Gasteiger charge is -2.26. The van der Waals surface area contributed by atoms with E-state index in [0.29, 0.717) is 24.7 Å². The molecule has 1 saturated carbocycles. The third-order valence-electron chi connectivity index (χ3n) is 7.01. The summed E-state index contributed by atoms with van der Waals surface area (Å²) in [6.07, 6.45) is 5.06. The molecule has 1 aliphatic carbocycles. The number of H-pyrrole nitrogens is 1. The second kappa shape index (κ2) is 11.1. The number of ether oxygens (including phenoxy) is 2. The summed E-state index contributed by atoms with van der Waals surface area (Å²) in [6.45, 7) is 2.09. The fourth-order valence-electron chi connectivity index (χ4n) is 4.73. The van der Waals surface area contributed by atoms with Gasteiger partial charge in [-0.1, -0.05) is 43.9 Å². The molecular formula is C27H33N3O6. The van der Waals surface area contributed by atoms with Crippen LogP contribution in [0.5, 0.6) is 5.75 Å². The first-order valence-electron chi connectivity index (χ1n) is 12.4. The molecule has 192 valence electrons. The monoisotopic (exact) mass is 495 g/mol. The molecule has 36 heavy (non-hydrogen) atoms. The topological polar surface area (TPSA) is 130 Å². The Hall–Kier alpha value is -3.46. The largest absolute Gasteiger partial charge is 0.497 e. The highest BCUT2D eigenvalue weighted by atomic mass is 16.6. The Morgan fingerprint density at radius 2 is 1.78 bits per heavy atom. The molecule has 0 unspecified atom stereocenters. The number of rotatable bonds is 11. The molecule has 1 aromatic heterocycles. The number of methoxy groups -OCH3 is 1. The Balaban J connectivity index is 1.54. The number of nitrogens with one attached hydrogen (secondary N) is 3. The van der Waals surface area contributed by atoms with Crippen molar-refractivity contribution in [2.24, 2.45) is 5.92 Å². The van der Waals surface area contributed by atoms with E-state index in [1.807, 2.05) is 12.1 Å².